The molecule has 2 aromatic rings. The van der Waals surface area contributed by atoms with Crippen LogP contribution in [0, 0.1) is 0 Å². The van der Waals surface area contributed by atoms with E-state index in [-0.39, 0.29) is 11.9 Å². The molecule has 0 heterocycles. The fourth-order valence-corrected chi connectivity index (χ4v) is 1.99. The van der Waals surface area contributed by atoms with Crippen molar-refractivity contribution in [1.82, 2.24) is 5.32 Å². The van der Waals surface area contributed by atoms with Gasteiger partial charge in [0.25, 0.3) is 5.91 Å². The lowest BCUT2D eigenvalue weighted by molar-refractivity contribution is 0.0926. The van der Waals surface area contributed by atoms with E-state index in [2.05, 4.69) is 5.32 Å². The number of hydrogen-bond donors (Lipinski definition) is 1. The molecule has 0 spiro atoms. The van der Waals surface area contributed by atoms with Crippen LogP contribution >= 0.6 is 11.6 Å². The average molecular weight is 320 g/mol. The number of amides is 1. The van der Waals surface area contributed by atoms with Gasteiger partial charge in [0.05, 0.1) is 13.2 Å². The summed E-state index contributed by atoms with van der Waals surface area (Å²) in [6, 6.07) is 14.0. The first-order valence-electron chi connectivity index (χ1n) is 6.92. The normalized spacial score (nSPS) is 11.6. The zero-order chi connectivity index (χ0) is 15.9. The summed E-state index contributed by atoms with van der Waals surface area (Å²) in [5.41, 5.74) is 0.553. The molecule has 22 heavy (non-hydrogen) atoms. The van der Waals surface area contributed by atoms with Crippen molar-refractivity contribution < 1.29 is 14.3 Å². The number of rotatable bonds is 6. The van der Waals surface area contributed by atoms with Crippen LogP contribution < -0.4 is 14.8 Å². The first-order chi connectivity index (χ1) is 10.6. The molecule has 0 aliphatic heterocycles. The maximum atomic E-state index is 12.1. The van der Waals surface area contributed by atoms with Crippen molar-refractivity contribution in [3.05, 3.63) is 59.1 Å². The van der Waals surface area contributed by atoms with Crippen molar-refractivity contribution in [3.63, 3.8) is 0 Å². The lowest BCUT2D eigenvalue weighted by Gasteiger charge is -2.15. The third kappa shape index (κ3) is 4.67. The summed E-state index contributed by atoms with van der Waals surface area (Å²) in [5, 5.41) is 3.54. The molecule has 1 atom stereocenters. The Balaban J connectivity index is 1.86. The maximum absolute atomic E-state index is 12.1. The van der Waals surface area contributed by atoms with E-state index in [9.17, 15) is 4.79 Å². The van der Waals surface area contributed by atoms with E-state index in [0.29, 0.717) is 28.7 Å². The highest BCUT2D eigenvalue weighted by molar-refractivity contribution is 6.30. The van der Waals surface area contributed by atoms with Crippen LogP contribution in [-0.2, 0) is 0 Å². The number of ether oxygens (including phenoxy) is 2. The number of hydrogen-bond acceptors (Lipinski definition) is 3. The maximum Gasteiger partial charge on any atom is 0.251 e. The highest BCUT2D eigenvalue weighted by Gasteiger charge is 2.11. The summed E-state index contributed by atoms with van der Waals surface area (Å²) in [4.78, 5) is 12.1. The summed E-state index contributed by atoms with van der Waals surface area (Å²) in [6.07, 6.45) is 0. The van der Waals surface area contributed by atoms with Gasteiger partial charge >= 0.3 is 0 Å². The van der Waals surface area contributed by atoms with Gasteiger partial charge in [-0.25, -0.2) is 0 Å². The topological polar surface area (TPSA) is 47.6 Å². The van der Waals surface area contributed by atoms with Crippen molar-refractivity contribution in [1.29, 1.82) is 0 Å². The van der Waals surface area contributed by atoms with Gasteiger partial charge in [0.1, 0.15) is 18.1 Å². The number of carbonyl (C=O) groups is 1. The Morgan fingerprint density at radius 2 is 1.91 bits per heavy atom. The zero-order valence-corrected chi connectivity index (χ0v) is 13.3. The Morgan fingerprint density at radius 3 is 2.59 bits per heavy atom. The van der Waals surface area contributed by atoms with Gasteiger partial charge in [-0.1, -0.05) is 17.7 Å². The fraction of sp³-hybridized carbons (Fsp3) is 0.235. The van der Waals surface area contributed by atoms with E-state index in [1.807, 2.05) is 6.92 Å². The van der Waals surface area contributed by atoms with Crippen molar-refractivity contribution in [2.75, 3.05) is 13.7 Å². The summed E-state index contributed by atoms with van der Waals surface area (Å²) in [6.45, 7) is 2.26. The molecule has 1 N–H and O–H groups in total. The second-order valence-electron chi connectivity index (χ2n) is 4.87. The Morgan fingerprint density at radius 1 is 1.18 bits per heavy atom. The van der Waals surface area contributed by atoms with Gasteiger partial charge in [-0.2, -0.15) is 0 Å². The molecule has 4 nitrogen and oxygen atoms in total. The van der Waals surface area contributed by atoms with E-state index in [1.165, 1.54) is 0 Å². The largest absolute Gasteiger partial charge is 0.497 e. The van der Waals surface area contributed by atoms with Gasteiger partial charge < -0.3 is 14.8 Å². The molecule has 0 fully saturated rings. The monoisotopic (exact) mass is 319 g/mol. The van der Waals surface area contributed by atoms with Crippen LogP contribution in [0.3, 0.4) is 0 Å². The Labute approximate surface area is 135 Å². The molecular formula is C17H18ClNO3. The number of nitrogens with one attached hydrogen (secondary N) is 1. The first kappa shape index (κ1) is 16.2. The van der Waals surface area contributed by atoms with Crippen molar-refractivity contribution in [2.45, 2.75) is 13.0 Å². The smallest absolute Gasteiger partial charge is 0.251 e. The standard InChI is InChI=1S/C17H18ClNO3/c1-12(11-22-15-8-6-14(18)7-9-15)19-17(20)13-4-3-5-16(10-13)21-2/h3-10,12H,11H2,1-2H3,(H,19,20)/t12-/m0/s1. The van der Waals surface area contributed by atoms with E-state index in [1.54, 1.807) is 55.6 Å². The molecule has 5 heteroatoms. The molecule has 1 amide bonds. The molecule has 116 valence electrons. The summed E-state index contributed by atoms with van der Waals surface area (Å²) in [7, 11) is 1.57. The number of halogens is 1. The summed E-state index contributed by atoms with van der Waals surface area (Å²) in [5.74, 6) is 1.20. The number of benzene rings is 2. The molecule has 0 saturated carbocycles. The minimum atomic E-state index is -0.161. The molecule has 0 saturated heterocycles. The van der Waals surface area contributed by atoms with Crippen molar-refractivity contribution >= 4 is 17.5 Å². The second kappa shape index (κ2) is 7.71. The van der Waals surface area contributed by atoms with Gasteiger partial charge in [-0.05, 0) is 49.4 Å². The lowest BCUT2D eigenvalue weighted by atomic mass is 10.2. The molecular weight excluding hydrogens is 302 g/mol. The van der Waals surface area contributed by atoms with Gasteiger partial charge in [0.15, 0.2) is 0 Å². The average Bonchev–Trinajstić information content (AvgIpc) is 2.54. The van der Waals surface area contributed by atoms with Crippen LogP contribution in [-0.4, -0.2) is 25.7 Å². The molecule has 0 radical (unpaired) electrons. The van der Waals surface area contributed by atoms with Crippen molar-refractivity contribution in [3.8, 4) is 11.5 Å². The first-order valence-corrected chi connectivity index (χ1v) is 7.29. The highest BCUT2D eigenvalue weighted by Crippen LogP contribution is 2.16. The summed E-state index contributed by atoms with van der Waals surface area (Å²) >= 11 is 5.81. The van der Waals surface area contributed by atoms with Crippen LogP contribution in [0.25, 0.3) is 0 Å². The number of methoxy groups -OCH3 is 1. The minimum absolute atomic E-state index is 0.130. The van der Waals surface area contributed by atoms with Crippen LogP contribution in [0.1, 0.15) is 17.3 Å². The quantitative estimate of drug-likeness (QED) is 0.885. The fourth-order valence-electron chi connectivity index (χ4n) is 1.87. The zero-order valence-electron chi connectivity index (χ0n) is 12.5. The molecule has 2 rings (SSSR count). The van der Waals surface area contributed by atoms with Gasteiger partial charge in [-0.15, -0.1) is 0 Å². The molecule has 0 aromatic heterocycles. The molecule has 0 bridgehead atoms. The second-order valence-corrected chi connectivity index (χ2v) is 5.31. The lowest BCUT2D eigenvalue weighted by Crippen LogP contribution is -2.36. The van der Waals surface area contributed by atoms with E-state index in [0.717, 1.165) is 0 Å². The van der Waals surface area contributed by atoms with Crippen LogP contribution in [0.2, 0.25) is 5.02 Å². The van der Waals surface area contributed by atoms with Gasteiger partial charge in [0.2, 0.25) is 0 Å². The molecule has 0 unspecified atom stereocenters. The van der Waals surface area contributed by atoms with E-state index in [4.69, 9.17) is 21.1 Å². The predicted molar refractivity (Wildman–Crippen MR) is 86.9 cm³/mol. The van der Waals surface area contributed by atoms with Gasteiger partial charge in [0, 0.05) is 10.6 Å². The Hall–Kier alpha value is -2.20. The Bertz CT molecular complexity index is 628. The van der Waals surface area contributed by atoms with E-state index >= 15 is 0 Å². The number of carbonyl (C=O) groups excluding carboxylic acids is 1. The van der Waals surface area contributed by atoms with Gasteiger partial charge in [-0.3, -0.25) is 4.79 Å². The van der Waals surface area contributed by atoms with E-state index < -0.39 is 0 Å². The SMILES string of the molecule is COc1cccc(C(=O)N[C@@H](C)COc2ccc(Cl)cc2)c1. The third-order valence-corrected chi connectivity index (χ3v) is 3.28. The van der Waals surface area contributed by atoms with Crippen molar-refractivity contribution in [2.24, 2.45) is 0 Å². The molecule has 0 aliphatic rings. The van der Waals surface area contributed by atoms with Crippen LogP contribution in [0.5, 0.6) is 11.5 Å². The predicted octanol–water partition coefficient (Wildman–Crippen LogP) is 3.55. The van der Waals surface area contributed by atoms with Crippen LogP contribution in [0.15, 0.2) is 48.5 Å². The minimum Gasteiger partial charge on any atom is -0.497 e. The molecule has 2 aromatic carbocycles. The highest BCUT2D eigenvalue weighted by atomic mass is 35.5. The van der Waals surface area contributed by atoms with Crippen LogP contribution in [0.4, 0.5) is 0 Å². The Kier molecular flexibility index (Phi) is 5.67. The third-order valence-electron chi connectivity index (χ3n) is 3.02. The molecule has 0 aliphatic carbocycles. The summed E-state index contributed by atoms with van der Waals surface area (Å²) < 4.78 is 10.7.